The zero-order chi connectivity index (χ0) is 17.4. The number of hydrogen-bond donors (Lipinski definition) is 2. The van der Waals surface area contributed by atoms with Crippen LogP contribution in [0.2, 0.25) is 0 Å². The minimum Gasteiger partial charge on any atom is -0.383 e. The van der Waals surface area contributed by atoms with Crippen molar-refractivity contribution in [2.24, 2.45) is 7.05 Å². The van der Waals surface area contributed by atoms with Crippen molar-refractivity contribution < 1.29 is 4.39 Å². The largest absolute Gasteiger partial charge is 0.383 e. The third kappa shape index (κ3) is 2.79. The van der Waals surface area contributed by atoms with Crippen LogP contribution in [-0.4, -0.2) is 26.3 Å². The number of anilines is 2. The molecule has 0 saturated heterocycles. The molecule has 1 saturated carbocycles. The quantitative estimate of drug-likeness (QED) is 0.763. The van der Waals surface area contributed by atoms with Crippen molar-refractivity contribution in [3.05, 3.63) is 41.8 Å². The number of nitrogens with one attached hydrogen (secondary N) is 1. The number of aromatic nitrogens is 4. The van der Waals surface area contributed by atoms with Gasteiger partial charge in [0.2, 0.25) is 5.95 Å². The molecule has 1 aliphatic carbocycles. The molecule has 0 radical (unpaired) electrons. The van der Waals surface area contributed by atoms with Crippen molar-refractivity contribution in [3.8, 4) is 0 Å². The molecule has 0 atom stereocenters. The third-order valence-electron chi connectivity index (χ3n) is 5.22. The van der Waals surface area contributed by atoms with Crippen LogP contribution in [0.5, 0.6) is 0 Å². The van der Waals surface area contributed by atoms with Crippen LogP contribution in [0.25, 0.3) is 11.0 Å². The molecule has 2 heterocycles. The fourth-order valence-corrected chi connectivity index (χ4v) is 3.79. The van der Waals surface area contributed by atoms with Gasteiger partial charge < -0.3 is 11.1 Å². The summed E-state index contributed by atoms with van der Waals surface area (Å²) >= 11 is 0. The van der Waals surface area contributed by atoms with E-state index in [0.717, 1.165) is 23.8 Å². The second kappa shape index (κ2) is 5.98. The molecule has 6 nitrogen and oxygen atoms in total. The molecule has 1 fully saturated rings. The van der Waals surface area contributed by atoms with Gasteiger partial charge in [0.15, 0.2) is 5.65 Å². The Morgan fingerprint density at radius 1 is 1.20 bits per heavy atom. The minimum absolute atomic E-state index is 0.0206. The molecule has 4 rings (SSSR count). The molecule has 130 valence electrons. The van der Waals surface area contributed by atoms with E-state index >= 15 is 0 Å². The summed E-state index contributed by atoms with van der Waals surface area (Å²) < 4.78 is 15.0. The number of rotatable bonds is 4. The Labute approximate surface area is 145 Å². The number of hydrogen-bond acceptors (Lipinski definition) is 5. The first kappa shape index (κ1) is 15.8. The molecule has 2 aromatic heterocycles. The predicted octanol–water partition coefficient (Wildman–Crippen LogP) is 3.01. The van der Waals surface area contributed by atoms with Gasteiger partial charge in [-0.25, -0.2) is 4.39 Å². The van der Waals surface area contributed by atoms with E-state index in [1.54, 1.807) is 10.9 Å². The minimum atomic E-state index is -0.206. The maximum atomic E-state index is 13.3. The normalized spacial score (nSPS) is 16.4. The Morgan fingerprint density at radius 2 is 1.92 bits per heavy atom. The van der Waals surface area contributed by atoms with Gasteiger partial charge in [-0.05, 0) is 30.5 Å². The highest BCUT2D eigenvalue weighted by molar-refractivity contribution is 5.86. The monoisotopic (exact) mass is 340 g/mol. The highest BCUT2D eigenvalue weighted by atomic mass is 19.1. The SMILES string of the molecule is Cn1ncc2c(N)nc(NCC3(c4ccc(F)cc4)CCCC3)nc21. The number of aryl methyl sites for hydroxylation is 1. The summed E-state index contributed by atoms with van der Waals surface area (Å²) in [5.74, 6) is 0.715. The average Bonchev–Trinajstić information content (AvgIpc) is 3.22. The first-order valence-electron chi connectivity index (χ1n) is 8.53. The van der Waals surface area contributed by atoms with Crippen LogP contribution < -0.4 is 11.1 Å². The first-order chi connectivity index (χ1) is 12.1. The summed E-state index contributed by atoms with van der Waals surface area (Å²) in [4.78, 5) is 8.89. The number of halogens is 1. The molecule has 3 N–H and O–H groups in total. The van der Waals surface area contributed by atoms with Gasteiger partial charge in [0.05, 0.1) is 11.6 Å². The molecule has 0 amide bonds. The number of benzene rings is 1. The van der Waals surface area contributed by atoms with E-state index in [1.165, 1.54) is 25.0 Å². The summed E-state index contributed by atoms with van der Waals surface area (Å²) in [7, 11) is 1.83. The van der Waals surface area contributed by atoms with Crippen LogP contribution in [0.15, 0.2) is 30.5 Å². The van der Waals surface area contributed by atoms with Gasteiger partial charge in [0.1, 0.15) is 11.6 Å². The lowest BCUT2D eigenvalue weighted by Crippen LogP contribution is -2.32. The van der Waals surface area contributed by atoms with E-state index in [1.807, 2.05) is 19.2 Å². The van der Waals surface area contributed by atoms with E-state index in [2.05, 4.69) is 20.4 Å². The summed E-state index contributed by atoms with van der Waals surface area (Å²) in [5, 5.41) is 8.28. The second-order valence-corrected chi connectivity index (χ2v) is 6.79. The second-order valence-electron chi connectivity index (χ2n) is 6.79. The van der Waals surface area contributed by atoms with Crippen molar-refractivity contribution >= 4 is 22.8 Å². The molecule has 3 aromatic rings. The van der Waals surface area contributed by atoms with E-state index < -0.39 is 0 Å². The number of nitrogens with zero attached hydrogens (tertiary/aromatic N) is 4. The molecule has 0 spiro atoms. The van der Waals surface area contributed by atoms with Crippen LogP contribution >= 0.6 is 0 Å². The molecule has 25 heavy (non-hydrogen) atoms. The zero-order valence-electron chi connectivity index (χ0n) is 14.2. The number of fused-ring (bicyclic) bond motifs is 1. The van der Waals surface area contributed by atoms with Crippen molar-refractivity contribution in [2.45, 2.75) is 31.1 Å². The maximum absolute atomic E-state index is 13.3. The predicted molar refractivity (Wildman–Crippen MR) is 95.8 cm³/mol. The Bertz CT molecular complexity index is 896. The molecule has 0 aliphatic heterocycles. The molecule has 0 unspecified atom stereocenters. The summed E-state index contributed by atoms with van der Waals surface area (Å²) in [6, 6.07) is 6.85. The van der Waals surface area contributed by atoms with E-state index in [9.17, 15) is 4.39 Å². The molecule has 0 bridgehead atoms. The standard InChI is InChI=1S/C18H21FN6/c1-25-16-14(10-22-25)15(20)23-17(24-16)21-11-18(8-2-3-9-18)12-4-6-13(19)7-5-12/h4-7,10H,2-3,8-9,11H2,1H3,(H3,20,21,23,24). The Kier molecular flexibility index (Phi) is 3.78. The van der Waals surface area contributed by atoms with Crippen LogP contribution in [-0.2, 0) is 12.5 Å². The molecular formula is C18H21FN6. The van der Waals surface area contributed by atoms with Gasteiger partial charge >= 0.3 is 0 Å². The van der Waals surface area contributed by atoms with Crippen molar-refractivity contribution in [1.82, 2.24) is 19.7 Å². The lowest BCUT2D eigenvalue weighted by Gasteiger charge is -2.30. The zero-order valence-corrected chi connectivity index (χ0v) is 14.2. The van der Waals surface area contributed by atoms with Crippen LogP contribution in [0, 0.1) is 5.82 Å². The van der Waals surface area contributed by atoms with Gasteiger partial charge in [0, 0.05) is 19.0 Å². The van der Waals surface area contributed by atoms with Crippen molar-refractivity contribution in [3.63, 3.8) is 0 Å². The summed E-state index contributed by atoms with van der Waals surface area (Å²) in [6.07, 6.45) is 6.14. The Hall–Kier alpha value is -2.70. The van der Waals surface area contributed by atoms with Crippen molar-refractivity contribution in [2.75, 3.05) is 17.6 Å². The number of nitrogens with two attached hydrogens (primary N) is 1. The van der Waals surface area contributed by atoms with Crippen LogP contribution in [0.4, 0.5) is 16.2 Å². The van der Waals surface area contributed by atoms with Gasteiger partial charge in [-0.2, -0.15) is 15.1 Å². The van der Waals surface area contributed by atoms with Crippen LogP contribution in [0.3, 0.4) is 0 Å². The average molecular weight is 340 g/mol. The van der Waals surface area contributed by atoms with Gasteiger partial charge in [-0.3, -0.25) is 4.68 Å². The Balaban J connectivity index is 1.62. The van der Waals surface area contributed by atoms with Gasteiger partial charge in [-0.1, -0.05) is 25.0 Å². The third-order valence-corrected chi connectivity index (χ3v) is 5.22. The molecule has 1 aromatic carbocycles. The highest BCUT2D eigenvalue weighted by Gasteiger charge is 2.35. The van der Waals surface area contributed by atoms with Crippen LogP contribution in [0.1, 0.15) is 31.2 Å². The fraction of sp³-hybridized carbons (Fsp3) is 0.389. The van der Waals surface area contributed by atoms with Gasteiger partial charge in [-0.15, -0.1) is 0 Å². The summed E-state index contributed by atoms with van der Waals surface area (Å²) in [6.45, 7) is 0.696. The summed E-state index contributed by atoms with van der Waals surface area (Å²) in [5.41, 5.74) is 7.87. The topological polar surface area (TPSA) is 81.7 Å². The van der Waals surface area contributed by atoms with E-state index in [-0.39, 0.29) is 11.2 Å². The number of nitrogen functional groups attached to an aromatic ring is 1. The lowest BCUT2D eigenvalue weighted by atomic mass is 9.79. The maximum Gasteiger partial charge on any atom is 0.226 e. The van der Waals surface area contributed by atoms with E-state index in [0.29, 0.717) is 24.0 Å². The molecule has 1 aliphatic rings. The Morgan fingerprint density at radius 3 is 2.64 bits per heavy atom. The highest BCUT2D eigenvalue weighted by Crippen LogP contribution is 2.41. The van der Waals surface area contributed by atoms with Gasteiger partial charge in [0.25, 0.3) is 0 Å². The van der Waals surface area contributed by atoms with E-state index in [4.69, 9.17) is 5.73 Å². The lowest BCUT2D eigenvalue weighted by molar-refractivity contribution is 0.464. The first-order valence-corrected chi connectivity index (χ1v) is 8.53. The van der Waals surface area contributed by atoms with Crippen molar-refractivity contribution in [1.29, 1.82) is 0 Å². The molecule has 7 heteroatoms. The molecular weight excluding hydrogens is 319 g/mol. The fourth-order valence-electron chi connectivity index (χ4n) is 3.79. The smallest absolute Gasteiger partial charge is 0.226 e.